The second kappa shape index (κ2) is 6.14. The molecule has 7 nitrogen and oxygen atoms in total. The van der Waals surface area contributed by atoms with E-state index in [1.807, 2.05) is 12.1 Å². The number of benzene rings is 1. The summed E-state index contributed by atoms with van der Waals surface area (Å²) in [7, 11) is 0. The first kappa shape index (κ1) is 16.9. The van der Waals surface area contributed by atoms with E-state index in [1.54, 1.807) is 6.07 Å². The van der Waals surface area contributed by atoms with E-state index in [0.29, 0.717) is 17.7 Å². The molecule has 5 atom stereocenters. The molecule has 0 saturated carbocycles. The summed E-state index contributed by atoms with van der Waals surface area (Å²) >= 11 is 0. The maximum atomic E-state index is 10.6. The maximum absolute atomic E-state index is 10.6. The number of aliphatic hydroxyl groups excluding tert-OH is 1. The lowest BCUT2D eigenvalue weighted by molar-refractivity contribution is -0.0516. The average Bonchev–Trinajstić information content (AvgIpc) is 3.02. The van der Waals surface area contributed by atoms with E-state index in [-0.39, 0.29) is 17.3 Å². The predicted molar refractivity (Wildman–Crippen MR) is 102 cm³/mol. The quantitative estimate of drug-likeness (QED) is 0.150. The van der Waals surface area contributed by atoms with E-state index in [1.165, 1.54) is 11.9 Å². The lowest BCUT2D eigenvalue weighted by Gasteiger charge is -2.57. The summed E-state index contributed by atoms with van der Waals surface area (Å²) in [5.74, 6) is 6.21. The lowest BCUT2D eigenvalue weighted by Crippen LogP contribution is -2.65. The van der Waals surface area contributed by atoms with Crippen molar-refractivity contribution in [2.24, 2.45) is 16.9 Å². The number of nitrogens with two attached hydrogens (primary N) is 1. The van der Waals surface area contributed by atoms with E-state index < -0.39 is 6.10 Å². The highest BCUT2D eigenvalue weighted by Crippen LogP contribution is 2.62. The molecule has 27 heavy (non-hydrogen) atoms. The van der Waals surface area contributed by atoms with E-state index >= 15 is 0 Å². The Morgan fingerprint density at radius 3 is 3.15 bits per heavy atom. The SMILES string of the molecule is NN=CNCCCN1CC[C@]23c4c5ccc(O)c4OC2C(O)C=C[C@H]3[C@H]1C5. The zero-order valence-electron chi connectivity index (χ0n) is 15.2. The molecule has 7 heteroatoms. The summed E-state index contributed by atoms with van der Waals surface area (Å²) in [5, 5.41) is 27.6. The van der Waals surface area contributed by atoms with E-state index in [2.05, 4.69) is 21.4 Å². The highest BCUT2D eigenvalue weighted by Gasteiger charge is 2.64. The Morgan fingerprint density at radius 2 is 2.30 bits per heavy atom. The number of hydrazone groups is 1. The first-order valence-corrected chi connectivity index (χ1v) is 9.74. The van der Waals surface area contributed by atoms with Crippen LogP contribution in [-0.2, 0) is 11.8 Å². The van der Waals surface area contributed by atoms with Crippen LogP contribution in [0.4, 0.5) is 0 Å². The van der Waals surface area contributed by atoms with Crippen molar-refractivity contribution < 1.29 is 14.9 Å². The monoisotopic (exact) mass is 370 g/mol. The van der Waals surface area contributed by atoms with Gasteiger partial charge in [0.1, 0.15) is 18.5 Å². The van der Waals surface area contributed by atoms with Crippen molar-refractivity contribution in [3.8, 4) is 11.5 Å². The number of nitrogens with zero attached hydrogens (tertiary/aromatic N) is 2. The third-order valence-corrected chi connectivity index (χ3v) is 6.92. The van der Waals surface area contributed by atoms with Crippen LogP contribution in [0.2, 0.25) is 0 Å². The number of aromatic hydroxyl groups is 1. The zero-order valence-corrected chi connectivity index (χ0v) is 15.2. The summed E-state index contributed by atoms with van der Waals surface area (Å²) in [6, 6.07) is 4.16. The molecule has 0 amide bonds. The Balaban J connectivity index is 1.48. The van der Waals surface area contributed by atoms with Gasteiger partial charge >= 0.3 is 0 Å². The van der Waals surface area contributed by atoms with Crippen LogP contribution in [0.1, 0.15) is 24.0 Å². The van der Waals surface area contributed by atoms with E-state index in [4.69, 9.17) is 10.6 Å². The van der Waals surface area contributed by atoms with Gasteiger partial charge in [0, 0.05) is 36.0 Å². The second-order valence-electron chi connectivity index (χ2n) is 8.07. The van der Waals surface area contributed by atoms with Gasteiger partial charge in [0.15, 0.2) is 11.5 Å². The van der Waals surface area contributed by atoms with Gasteiger partial charge in [-0.2, -0.15) is 5.10 Å². The molecule has 1 aromatic rings. The molecule has 5 N–H and O–H groups in total. The first-order chi connectivity index (χ1) is 13.2. The zero-order chi connectivity index (χ0) is 18.6. The van der Waals surface area contributed by atoms with Gasteiger partial charge in [-0.15, -0.1) is 0 Å². The fourth-order valence-corrected chi connectivity index (χ4v) is 5.91. The molecule has 2 aliphatic carbocycles. The van der Waals surface area contributed by atoms with Crippen molar-refractivity contribution in [2.45, 2.75) is 42.9 Å². The molecule has 2 aliphatic heterocycles. The Kier molecular flexibility index (Phi) is 3.84. The van der Waals surface area contributed by atoms with Crippen molar-refractivity contribution >= 4 is 6.34 Å². The summed E-state index contributed by atoms with van der Waals surface area (Å²) in [6.07, 6.45) is 7.57. The topological polar surface area (TPSA) is 103 Å². The number of aliphatic hydroxyl groups is 1. The van der Waals surface area contributed by atoms with Gasteiger partial charge in [-0.05, 0) is 37.4 Å². The molecular formula is C20H26N4O3. The molecule has 2 unspecified atom stereocenters. The molecular weight excluding hydrogens is 344 g/mol. The van der Waals surface area contributed by atoms with Crippen LogP contribution in [-0.4, -0.2) is 59.3 Å². The van der Waals surface area contributed by atoms with E-state index in [9.17, 15) is 10.2 Å². The Bertz CT molecular complexity index is 811. The molecule has 2 bridgehead atoms. The van der Waals surface area contributed by atoms with E-state index in [0.717, 1.165) is 44.5 Å². The molecule has 0 aromatic heterocycles. The summed E-state index contributed by atoms with van der Waals surface area (Å²) in [6.45, 7) is 2.82. The van der Waals surface area contributed by atoms with Gasteiger partial charge in [0.05, 0.1) is 0 Å². The number of rotatable bonds is 5. The number of hydrogen-bond acceptors (Lipinski definition) is 6. The van der Waals surface area contributed by atoms with Crippen LogP contribution in [0.5, 0.6) is 11.5 Å². The van der Waals surface area contributed by atoms with Crippen molar-refractivity contribution in [2.75, 3.05) is 19.6 Å². The van der Waals surface area contributed by atoms with Crippen LogP contribution < -0.4 is 15.9 Å². The minimum atomic E-state index is -0.633. The number of likely N-dealkylation sites (tertiary alicyclic amines) is 1. The van der Waals surface area contributed by atoms with Crippen LogP contribution in [0.25, 0.3) is 0 Å². The molecule has 1 fully saturated rings. The Labute approximate surface area is 158 Å². The molecule has 0 radical (unpaired) electrons. The smallest absolute Gasteiger partial charge is 0.165 e. The van der Waals surface area contributed by atoms with Crippen LogP contribution >= 0.6 is 0 Å². The van der Waals surface area contributed by atoms with Crippen LogP contribution in [0.3, 0.4) is 0 Å². The largest absolute Gasteiger partial charge is 0.504 e. The summed E-state index contributed by atoms with van der Waals surface area (Å²) < 4.78 is 6.18. The third-order valence-electron chi connectivity index (χ3n) is 6.92. The summed E-state index contributed by atoms with van der Waals surface area (Å²) in [4.78, 5) is 2.57. The van der Waals surface area contributed by atoms with Gasteiger partial charge in [-0.1, -0.05) is 18.2 Å². The molecule has 2 heterocycles. The summed E-state index contributed by atoms with van der Waals surface area (Å²) in [5.41, 5.74) is 2.19. The van der Waals surface area contributed by atoms with Gasteiger partial charge in [0.2, 0.25) is 0 Å². The van der Waals surface area contributed by atoms with Crippen molar-refractivity contribution in [3.63, 3.8) is 0 Å². The number of nitrogens with one attached hydrogen (secondary N) is 1. The number of phenolic OH excluding ortho intramolecular Hbond substituents is 1. The Hall–Kier alpha value is -2.25. The second-order valence-corrected chi connectivity index (χ2v) is 8.07. The fraction of sp³-hybridized carbons (Fsp3) is 0.550. The highest BCUT2D eigenvalue weighted by molar-refractivity contribution is 5.61. The highest BCUT2D eigenvalue weighted by atomic mass is 16.5. The number of ether oxygens (including phenoxy) is 1. The third kappa shape index (κ3) is 2.24. The average molecular weight is 370 g/mol. The van der Waals surface area contributed by atoms with Crippen molar-refractivity contribution in [3.05, 3.63) is 35.4 Å². The lowest BCUT2D eigenvalue weighted by atomic mass is 9.53. The number of hydrogen-bond donors (Lipinski definition) is 4. The molecule has 5 rings (SSSR count). The van der Waals surface area contributed by atoms with Gasteiger partial charge in [-0.25, -0.2) is 0 Å². The number of piperidine rings is 1. The van der Waals surface area contributed by atoms with Crippen LogP contribution in [0, 0.1) is 5.92 Å². The standard InChI is InChI=1S/C20H26N4O3/c21-23-11-22-7-1-8-24-9-6-20-13-3-5-16(26)19(20)27-18-15(25)4-2-12(17(18)20)10-14(13)24/h2-5,11,13-14,16,19,25-26H,1,6-10,21H2,(H,22,23)/t13-,14+,16?,19?,20-/m0/s1. The minimum absolute atomic E-state index is 0.192. The molecule has 1 saturated heterocycles. The van der Waals surface area contributed by atoms with Crippen molar-refractivity contribution in [1.82, 2.24) is 10.2 Å². The minimum Gasteiger partial charge on any atom is -0.504 e. The van der Waals surface area contributed by atoms with Crippen LogP contribution in [0.15, 0.2) is 29.4 Å². The van der Waals surface area contributed by atoms with Gasteiger partial charge < -0.3 is 26.1 Å². The van der Waals surface area contributed by atoms with Crippen molar-refractivity contribution in [1.29, 1.82) is 0 Å². The number of phenols is 1. The maximum Gasteiger partial charge on any atom is 0.165 e. The predicted octanol–water partition coefficient (Wildman–Crippen LogP) is 0.450. The fourth-order valence-electron chi connectivity index (χ4n) is 5.91. The van der Waals surface area contributed by atoms with Gasteiger partial charge in [0.25, 0.3) is 0 Å². The molecule has 1 aromatic carbocycles. The molecule has 144 valence electrons. The molecule has 4 aliphatic rings. The first-order valence-electron chi connectivity index (χ1n) is 9.74. The normalized spacial score (nSPS) is 35.9. The van der Waals surface area contributed by atoms with Gasteiger partial charge in [-0.3, -0.25) is 4.90 Å². The molecule has 1 spiro atoms. The Morgan fingerprint density at radius 1 is 1.41 bits per heavy atom.